The summed E-state index contributed by atoms with van der Waals surface area (Å²) >= 11 is 11.9. The van der Waals surface area contributed by atoms with Crippen molar-refractivity contribution in [2.45, 2.75) is 18.6 Å². The molecule has 7 heteroatoms. The van der Waals surface area contributed by atoms with Crippen molar-refractivity contribution in [2.75, 3.05) is 23.7 Å². The Morgan fingerprint density at radius 1 is 1.39 bits per heavy atom. The Bertz CT molecular complexity index is 548. The van der Waals surface area contributed by atoms with Crippen molar-refractivity contribution < 1.29 is 8.42 Å². The number of halogens is 2. The van der Waals surface area contributed by atoms with Gasteiger partial charge in [0.05, 0.1) is 21.0 Å². The van der Waals surface area contributed by atoms with Crippen molar-refractivity contribution in [3.63, 3.8) is 0 Å². The van der Waals surface area contributed by atoms with Crippen molar-refractivity contribution in [1.82, 2.24) is 4.98 Å². The zero-order valence-corrected chi connectivity index (χ0v) is 12.3. The van der Waals surface area contributed by atoms with Crippen LogP contribution in [0.1, 0.15) is 13.3 Å². The minimum atomic E-state index is -3.00. The number of nitrogens with zero attached hydrogens (tertiary/aromatic N) is 2. The first-order valence-electron chi connectivity index (χ1n) is 5.68. The molecule has 1 atom stereocenters. The molecule has 2 heterocycles. The van der Waals surface area contributed by atoms with Gasteiger partial charge in [-0.15, -0.1) is 0 Å². The molecule has 0 aromatic carbocycles. The number of anilines is 1. The van der Waals surface area contributed by atoms with Crippen LogP contribution in [0.4, 0.5) is 5.82 Å². The average Bonchev–Trinajstić information content (AvgIpc) is 2.41. The normalized spacial score (nSPS) is 23.7. The highest BCUT2D eigenvalue weighted by molar-refractivity contribution is 7.92. The minimum absolute atomic E-state index is 0.134. The number of aromatic nitrogens is 1. The van der Waals surface area contributed by atoms with Crippen LogP contribution in [0, 0.1) is 0 Å². The standard InChI is InChI=1S/C11H14Cl2N2O2S/c1-8-2-3-15(4-5-18(8,16)17)11-10(13)6-9(12)7-14-11/h6-8H,2-5H2,1H3. The second-order valence-electron chi connectivity index (χ2n) is 4.41. The second-order valence-corrected chi connectivity index (χ2v) is 7.79. The van der Waals surface area contributed by atoms with E-state index >= 15 is 0 Å². The maximum atomic E-state index is 11.8. The van der Waals surface area contributed by atoms with Crippen LogP contribution in [0.5, 0.6) is 0 Å². The Hall–Kier alpha value is -0.520. The van der Waals surface area contributed by atoms with Gasteiger partial charge in [-0.2, -0.15) is 0 Å². The number of hydrogen-bond donors (Lipinski definition) is 0. The monoisotopic (exact) mass is 308 g/mol. The highest BCUT2D eigenvalue weighted by Crippen LogP contribution is 2.27. The summed E-state index contributed by atoms with van der Waals surface area (Å²) in [5, 5.41) is 0.614. The summed E-state index contributed by atoms with van der Waals surface area (Å²) in [7, 11) is -3.00. The van der Waals surface area contributed by atoms with Crippen LogP contribution >= 0.6 is 23.2 Å². The summed E-state index contributed by atoms with van der Waals surface area (Å²) in [6, 6.07) is 1.62. The third-order valence-electron chi connectivity index (χ3n) is 3.15. The quantitative estimate of drug-likeness (QED) is 0.799. The molecule has 1 aromatic heterocycles. The van der Waals surface area contributed by atoms with Crippen molar-refractivity contribution >= 4 is 38.9 Å². The SMILES string of the molecule is CC1CCN(c2ncc(Cl)cc2Cl)CCS1(=O)=O. The molecule has 0 aliphatic carbocycles. The van der Waals surface area contributed by atoms with Gasteiger partial charge >= 0.3 is 0 Å². The Morgan fingerprint density at radius 3 is 2.78 bits per heavy atom. The van der Waals surface area contributed by atoms with Crippen LogP contribution in [-0.2, 0) is 9.84 Å². The van der Waals surface area contributed by atoms with E-state index < -0.39 is 9.84 Å². The molecule has 1 unspecified atom stereocenters. The van der Waals surface area contributed by atoms with Crippen LogP contribution < -0.4 is 4.90 Å². The molecular formula is C11H14Cl2N2O2S. The van der Waals surface area contributed by atoms with Crippen LogP contribution in [0.15, 0.2) is 12.3 Å². The van der Waals surface area contributed by atoms with Gasteiger partial charge in [-0.1, -0.05) is 23.2 Å². The summed E-state index contributed by atoms with van der Waals surface area (Å²) in [6.45, 7) is 2.80. The molecule has 0 N–H and O–H groups in total. The molecule has 0 amide bonds. The van der Waals surface area contributed by atoms with E-state index in [0.29, 0.717) is 35.4 Å². The zero-order valence-electron chi connectivity index (χ0n) is 9.94. The molecule has 0 spiro atoms. The summed E-state index contributed by atoms with van der Waals surface area (Å²) in [6.07, 6.45) is 2.11. The van der Waals surface area contributed by atoms with Gasteiger partial charge in [0, 0.05) is 19.3 Å². The van der Waals surface area contributed by atoms with Crippen molar-refractivity contribution in [3.8, 4) is 0 Å². The van der Waals surface area contributed by atoms with Crippen LogP contribution in [0.2, 0.25) is 10.0 Å². The van der Waals surface area contributed by atoms with Gasteiger partial charge in [0.25, 0.3) is 0 Å². The summed E-state index contributed by atoms with van der Waals surface area (Å²) in [5.41, 5.74) is 0. The first kappa shape index (κ1) is 13.9. The molecular weight excluding hydrogens is 295 g/mol. The van der Waals surface area contributed by atoms with E-state index in [9.17, 15) is 8.42 Å². The van der Waals surface area contributed by atoms with Crippen LogP contribution in [0.25, 0.3) is 0 Å². The third-order valence-corrected chi connectivity index (χ3v) is 5.85. The molecule has 18 heavy (non-hydrogen) atoms. The molecule has 4 nitrogen and oxygen atoms in total. The van der Waals surface area contributed by atoms with Crippen molar-refractivity contribution in [3.05, 3.63) is 22.3 Å². The average molecular weight is 309 g/mol. The molecule has 1 saturated heterocycles. The van der Waals surface area contributed by atoms with Gasteiger partial charge in [-0.3, -0.25) is 0 Å². The lowest BCUT2D eigenvalue weighted by Crippen LogP contribution is -2.27. The third kappa shape index (κ3) is 2.90. The Morgan fingerprint density at radius 2 is 2.11 bits per heavy atom. The van der Waals surface area contributed by atoms with E-state index in [1.807, 2.05) is 4.90 Å². The first-order chi connectivity index (χ1) is 8.40. The van der Waals surface area contributed by atoms with E-state index in [1.54, 1.807) is 13.0 Å². The molecule has 0 bridgehead atoms. The highest BCUT2D eigenvalue weighted by atomic mass is 35.5. The van der Waals surface area contributed by atoms with Crippen LogP contribution in [0.3, 0.4) is 0 Å². The maximum Gasteiger partial charge on any atom is 0.154 e. The van der Waals surface area contributed by atoms with Gasteiger partial charge in [0.2, 0.25) is 0 Å². The Labute approximate surface area is 117 Å². The van der Waals surface area contributed by atoms with Gasteiger partial charge in [-0.05, 0) is 19.4 Å². The molecule has 1 fully saturated rings. The van der Waals surface area contributed by atoms with E-state index in [2.05, 4.69) is 4.98 Å². The number of rotatable bonds is 1. The number of sulfone groups is 1. The van der Waals surface area contributed by atoms with Gasteiger partial charge in [0.15, 0.2) is 9.84 Å². The van der Waals surface area contributed by atoms with E-state index in [4.69, 9.17) is 23.2 Å². The fourth-order valence-corrected chi connectivity index (χ4v) is 3.76. The van der Waals surface area contributed by atoms with Gasteiger partial charge in [0.1, 0.15) is 5.82 Å². The largest absolute Gasteiger partial charge is 0.354 e. The molecule has 0 saturated carbocycles. The Balaban J connectivity index is 2.25. The zero-order chi connectivity index (χ0) is 13.3. The molecule has 0 radical (unpaired) electrons. The van der Waals surface area contributed by atoms with E-state index in [1.165, 1.54) is 6.20 Å². The van der Waals surface area contributed by atoms with Crippen LogP contribution in [-0.4, -0.2) is 37.5 Å². The lowest BCUT2D eigenvalue weighted by atomic mass is 10.3. The summed E-state index contributed by atoms with van der Waals surface area (Å²) in [4.78, 5) is 6.09. The summed E-state index contributed by atoms with van der Waals surface area (Å²) < 4.78 is 23.6. The summed E-state index contributed by atoms with van der Waals surface area (Å²) in [5.74, 6) is 0.736. The maximum absolute atomic E-state index is 11.8. The molecule has 2 rings (SSSR count). The smallest absolute Gasteiger partial charge is 0.154 e. The minimum Gasteiger partial charge on any atom is -0.354 e. The highest BCUT2D eigenvalue weighted by Gasteiger charge is 2.27. The molecule has 1 aromatic rings. The molecule has 100 valence electrons. The molecule has 1 aliphatic heterocycles. The fourth-order valence-electron chi connectivity index (χ4n) is 1.92. The Kier molecular flexibility index (Phi) is 4.04. The molecule has 1 aliphatic rings. The second kappa shape index (κ2) is 5.23. The predicted octanol–water partition coefficient (Wildman–Crippen LogP) is 2.40. The number of pyridine rings is 1. The fraction of sp³-hybridized carbons (Fsp3) is 0.545. The first-order valence-corrected chi connectivity index (χ1v) is 8.15. The lowest BCUT2D eigenvalue weighted by Gasteiger charge is -2.21. The van der Waals surface area contributed by atoms with Gasteiger partial charge in [-0.25, -0.2) is 13.4 Å². The topological polar surface area (TPSA) is 50.3 Å². The van der Waals surface area contributed by atoms with Gasteiger partial charge < -0.3 is 4.90 Å². The van der Waals surface area contributed by atoms with Crippen molar-refractivity contribution in [1.29, 1.82) is 0 Å². The van der Waals surface area contributed by atoms with E-state index in [-0.39, 0.29) is 11.0 Å². The predicted molar refractivity (Wildman–Crippen MR) is 74.3 cm³/mol. The van der Waals surface area contributed by atoms with E-state index in [0.717, 1.165) is 0 Å². The van der Waals surface area contributed by atoms with Crippen molar-refractivity contribution in [2.24, 2.45) is 0 Å². The number of hydrogen-bond acceptors (Lipinski definition) is 4. The lowest BCUT2D eigenvalue weighted by molar-refractivity contribution is 0.584.